The van der Waals surface area contributed by atoms with Gasteiger partial charge in [0.2, 0.25) is 40.4 Å². The number of aromatic hydroxyl groups is 1. The standard InChI is InChI=1S/C66H92N12O23S2/c1-34-29-77-54(55(34)86)62(93)68-28-42(82)26-45(69-58(89)37-9-7-36(8-10-37)46-31-78-66(70-46)102-63(74-78)38-11-14-41(15-12-38)75-21-18-44(19-22-75)100-24-6-4-5-23-99-3)59(90)71-51(35(2)81)64(94)76-30-43(83)27-47(76)60(91)73-53(57(88)56(87)39-13-16-48(84)50(25-39)101-103(96,97)98)61(92)72-52(65(77)95)49(85)17-20-67-40(32-79)33-80/h7-16,25,31,34-35,40,42-45,47,49,51-57,67,79-88,96-98H,4-6,17-24,26-30,32-33H2,1-3H3,(H,68,93)(H,69,89)(H,71,90)(H,72,92)(H,73,91)/t34-,35+,42+,43+,45-,47-,49+,51-,52-,53-,54-,55-,56-,57-/m0/s1. The Kier molecular flexibility index (Phi) is 27.6. The minimum atomic E-state index is -4.85. The summed E-state index contributed by atoms with van der Waals surface area (Å²) >= 11 is -3.47. The molecule has 0 aliphatic carbocycles. The second kappa shape index (κ2) is 35.8. The highest BCUT2D eigenvalue weighted by Gasteiger charge is 2.50. The number of aromatic nitrogens is 3. The van der Waals surface area contributed by atoms with E-state index in [-0.39, 0.29) is 18.2 Å². The molecule has 37 heteroatoms. The largest absolute Gasteiger partial charge is 0.504 e. The Morgan fingerprint density at radius 3 is 2.09 bits per heavy atom. The summed E-state index contributed by atoms with van der Waals surface area (Å²) in [6.45, 7) is 2.52. The molecule has 0 saturated carbocycles. The topological polar surface area (TPSA) is 522 Å². The molecule has 7 amide bonds. The number of anilines is 1. The number of imidazole rings is 1. The van der Waals surface area contributed by atoms with E-state index in [0.717, 1.165) is 104 Å². The summed E-state index contributed by atoms with van der Waals surface area (Å²) in [7, 11) is 1.71. The summed E-state index contributed by atoms with van der Waals surface area (Å²) in [6, 6.07) is 3.49. The van der Waals surface area contributed by atoms with Gasteiger partial charge in [0, 0.05) is 94.2 Å². The predicted molar refractivity (Wildman–Crippen MR) is 370 cm³/mol. The van der Waals surface area contributed by atoms with Crippen molar-refractivity contribution in [3.63, 3.8) is 0 Å². The van der Waals surface area contributed by atoms with Crippen molar-refractivity contribution in [2.24, 2.45) is 5.92 Å². The molecule has 4 aliphatic heterocycles. The SMILES string of the molecule is COCCCCCOC1CCN(c2ccc(-c3nn4cc(-c5ccc(C(=O)N[C@H]6C[C@@H](O)CNC(=O)[C@@H]7[C@@H](O)[C@@H](C)CN7C(=O)[C@H]([C@H](O)CCNC(CO)CO)NC(=O)[C@H]([C@H](O)[C@@H](O)c7ccc(O)c(OS(O)(O)O)c7)NC(=O)[C@@H]7C[C@@H](O)CN7C(=O)[C@H]([C@@H](C)O)NC6=O)cc5)nc4s3)cc2)CC1. The molecule has 4 fully saturated rings. The number of piperidine rings is 1. The van der Waals surface area contributed by atoms with Crippen LogP contribution in [0.2, 0.25) is 0 Å². The first-order valence-electron chi connectivity index (χ1n) is 33.8. The van der Waals surface area contributed by atoms with Gasteiger partial charge in [-0.3, -0.25) is 47.2 Å². The van der Waals surface area contributed by atoms with Crippen LogP contribution in [0.4, 0.5) is 5.69 Å². The monoisotopic (exact) mass is 1480 g/mol. The lowest BCUT2D eigenvalue weighted by molar-refractivity contribution is -0.148. The van der Waals surface area contributed by atoms with Gasteiger partial charge in [0.1, 0.15) is 53.5 Å². The van der Waals surface area contributed by atoms with E-state index in [4.69, 9.17) is 19.6 Å². The van der Waals surface area contributed by atoms with Gasteiger partial charge in [-0.15, -0.1) is 0 Å². The van der Waals surface area contributed by atoms with Crippen LogP contribution in [-0.2, 0) is 38.2 Å². The number of unbranched alkanes of at least 4 members (excludes halogenated alkanes) is 2. The number of hydrogen-bond donors (Lipinski definition) is 19. The molecule has 0 unspecified atom stereocenters. The number of phenolic OH excluding ortho intramolecular Hbond substituents is 1. The van der Waals surface area contributed by atoms with Crippen molar-refractivity contribution in [1.82, 2.24) is 56.3 Å². The molecule has 103 heavy (non-hydrogen) atoms. The fraction of sp³-hybridized carbons (Fsp3) is 0.561. The minimum Gasteiger partial charge on any atom is -0.504 e. The Bertz CT molecular complexity index is 3680. The quantitative estimate of drug-likeness (QED) is 0.0279. The maximum atomic E-state index is 15.0. The van der Waals surface area contributed by atoms with Crippen molar-refractivity contribution in [1.29, 1.82) is 0 Å². The number of carbonyl (C=O) groups is 7. The number of β-amino-alcohol motifs (C(OH)–C–C–N with tert-alkyl or cyclic N) is 1. The number of fused-ring (bicyclic) bond motifs is 3. The lowest BCUT2D eigenvalue weighted by atomic mass is 9.96. The molecule has 14 atom stereocenters. The molecule has 3 aromatic carbocycles. The molecule has 19 N–H and O–H groups in total. The number of aliphatic hydroxyl groups excluding tert-OH is 9. The van der Waals surface area contributed by atoms with Crippen LogP contribution in [0.1, 0.15) is 87.2 Å². The molecule has 4 saturated heterocycles. The third kappa shape index (κ3) is 20.2. The van der Waals surface area contributed by atoms with Crippen molar-refractivity contribution < 1.29 is 112 Å². The predicted octanol–water partition coefficient (Wildman–Crippen LogP) is -2.08. The Morgan fingerprint density at radius 1 is 0.767 bits per heavy atom. The normalized spacial score (nSPS) is 25.3. The highest BCUT2D eigenvalue weighted by molar-refractivity contribution is 8.15. The first-order valence-corrected chi connectivity index (χ1v) is 36.1. The van der Waals surface area contributed by atoms with Crippen LogP contribution in [0.3, 0.4) is 0 Å². The first-order chi connectivity index (χ1) is 49.1. The maximum Gasteiger partial charge on any atom is 0.266 e. The molecule has 2 aromatic heterocycles. The number of rotatable bonds is 25. The van der Waals surface area contributed by atoms with Gasteiger partial charge in [-0.1, -0.05) is 36.5 Å². The van der Waals surface area contributed by atoms with Crippen molar-refractivity contribution >= 4 is 74.5 Å². The van der Waals surface area contributed by atoms with Crippen LogP contribution in [-0.4, -0.2) is 288 Å². The molecular formula is C66H92N12O23S2. The number of nitrogens with one attached hydrogen (secondary N) is 6. The van der Waals surface area contributed by atoms with Gasteiger partial charge in [-0.25, -0.2) is 9.50 Å². The fourth-order valence-electron chi connectivity index (χ4n) is 12.8. The summed E-state index contributed by atoms with van der Waals surface area (Å²) < 4.78 is 46.3. The van der Waals surface area contributed by atoms with Crippen molar-refractivity contribution in [3.8, 4) is 33.3 Å². The van der Waals surface area contributed by atoms with Crippen LogP contribution in [0.15, 0.2) is 72.9 Å². The summed E-state index contributed by atoms with van der Waals surface area (Å²) in [4.78, 5) is 112. The number of carbonyl (C=O) groups excluding carboxylic acids is 7. The third-order valence-corrected chi connectivity index (χ3v) is 20.0. The Labute approximate surface area is 597 Å². The summed E-state index contributed by atoms with van der Waals surface area (Å²) in [6.07, 6.45) is -8.67. The molecule has 566 valence electrons. The van der Waals surface area contributed by atoms with Crippen LogP contribution in [0, 0.1) is 5.92 Å². The van der Waals surface area contributed by atoms with Gasteiger partial charge in [0.25, 0.3) is 17.1 Å². The fourth-order valence-corrected chi connectivity index (χ4v) is 14.1. The molecule has 0 bridgehead atoms. The molecule has 9 rings (SSSR count). The van der Waals surface area contributed by atoms with Crippen molar-refractivity contribution in [2.75, 3.05) is 77.7 Å². The average molecular weight is 1490 g/mol. The third-order valence-electron chi connectivity index (χ3n) is 18.6. The van der Waals surface area contributed by atoms with E-state index in [2.05, 4.69) is 53.1 Å². The number of ether oxygens (including phenoxy) is 2. The number of nitrogens with zero attached hydrogens (tertiary/aromatic N) is 6. The minimum absolute atomic E-state index is 0.0159. The van der Waals surface area contributed by atoms with E-state index in [1.807, 2.05) is 12.1 Å². The lowest BCUT2D eigenvalue weighted by Gasteiger charge is -2.34. The number of benzene rings is 3. The van der Waals surface area contributed by atoms with Crippen molar-refractivity contribution in [2.45, 2.75) is 156 Å². The second-order valence-corrected chi connectivity index (χ2v) is 28.3. The second-order valence-electron chi connectivity index (χ2n) is 26.2. The van der Waals surface area contributed by atoms with Gasteiger partial charge < -0.3 is 111 Å². The summed E-state index contributed by atoms with van der Waals surface area (Å²) in [5.74, 6) is -11.3. The van der Waals surface area contributed by atoms with Crippen molar-refractivity contribution in [3.05, 3.63) is 84.1 Å². The zero-order valence-electron chi connectivity index (χ0n) is 56.8. The van der Waals surface area contributed by atoms with Gasteiger partial charge in [0.05, 0.1) is 67.8 Å². The maximum absolute atomic E-state index is 15.0. The van der Waals surface area contributed by atoms with Crippen LogP contribution >= 0.6 is 22.5 Å². The molecule has 35 nitrogen and oxygen atoms in total. The van der Waals surface area contributed by atoms with Gasteiger partial charge in [-0.05, 0) is 106 Å². The van der Waals surface area contributed by atoms with E-state index in [0.29, 0.717) is 22.3 Å². The Morgan fingerprint density at radius 2 is 1.43 bits per heavy atom. The number of methoxy groups -OCH3 is 1. The summed E-state index contributed by atoms with van der Waals surface area (Å²) in [5, 5.41) is 131. The van der Waals surface area contributed by atoms with Gasteiger partial charge in [-0.2, -0.15) is 5.10 Å². The van der Waals surface area contributed by atoms with Gasteiger partial charge >= 0.3 is 0 Å². The number of phenols is 1. The first kappa shape index (κ1) is 79.3. The molecule has 0 radical (unpaired) electrons. The van der Waals surface area contributed by atoms with E-state index in [9.17, 15) is 93.5 Å². The zero-order valence-corrected chi connectivity index (χ0v) is 58.4. The van der Waals surface area contributed by atoms with Crippen LogP contribution in [0.25, 0.3) is 26.8 Å². The van der Waals surface area contributed by atoms with Crippen LogP contribution in [0.5, 0.6) is 11.5 Å². The smallest absolute Gasteiger partial charge is 0.266 e. The number of amides is 7. The Balaban J connectivity index is 0.958. The molecule has 6 heterocycles. The molecule has 5 aromatic rings. The molecule has 0 spiro atoms. The van der Waals surface area contributed by atoms with E-state index in [1.165, 1.54) is 30.4 Å². The number of hydrogen-bond acceptors (Lipinski definition) is 28. The number of aliphatic hydroxyl groups is 9. The van der Waals surface area contributed by atoms with Crippen LogP contribution < -0.4 is 41.0 Å². The zero-order chi connectivity index (χ0) is 74.6. The molecular weight excluding hydrogens is 1390 g/mol. The highest BCUT2D eigenvalue weighted by Crippen LogP contribution is 2.42. The van der Waals surface area contributed by atoms with E-state index in [1.54, 1.807) is 30.0 Å². The average Bonchev–Trinajstić information content (AvgIpc) is 1.68. The highest BCUT2D eigenvalue weighted by atomic mass is 32.3. The van der Waals surface area contributed by atoms with E-state index >= 15 is 4.79 Å². The summed E-state index contributed by atoms with van der Waals surface area (Å²) in [5.41, 5.74) is 2.56. The Hall–Kier alpha value is -7.80. The molecule has 4 aliphatic rings. The van der Waals surface area contributed by atoms with Gasteiger partial charge in [0.15, 0.2) is 11.5 Å². The lowest BCUT2D eigenvalue weighted by Crippen LogP contribution is -2.64. The van der Waals surface area contributed by atoms with E-state index < -0.39 is 213 Å².